The maximum absolute atomic E-state index is 13.2. The molecule has 3 aromatic heterocycles. The SMILES string of the molecule is O=c1c(NCCc2c[nH]c3ccccc23)nc2ccncc2n1Cc1ccccc1. The summed E-state index contributed by atoms with van der Waals surface area (Å²) >= 11 is 0. The molecule has 0 saturated carbocycles. The summed E-state index contributed by atoms with van der Waals surface area (Å²) in [7, 11) is 0. The molecular weight excluding hydrogens is 374 g/mol. The molecule has 5 rings (SSSR count). The highest BCUT2D eigenvalue weighted by molar-refractivity contribution is 5.83. The second-order valence-electron chi connectivity index (χ2n) is 7.24. The van der Waals surface area contributed by atoms with Crippen LogP contribution in [0.25, 0.3) is 21.9 Å². The molecule has 0 amide bonds. The zero-order chi connectivity index (χ0) is 20.3. The lowest BCUT2D eigenvalue weighted by molar-refractivity contribution is 0.784. The molecule has 0 aliphatic carbocycles. The number of para-hydroxylation sites is 1. The number of aromatic nitrogens is 4. The molecule has 0 unspecified atom stereocenters. The predicted molar refractivity (Wildman–Crippen MR) is 120 cm³/mol. The number of pyridine rings is 1. The molecule has 0 radical (unpaired) electrons. The highest BCUT2D eigenvalue weighted by Gasteiger charge is 2.12. The normalized spacial score (nSPS) is 11.2. The molecule has 0 fully saturated rings. The van der Waals surface area contributed by atoms with E-state index in [0.717, 1.165) is 28.5 Å². The van der Waals surface area contributed by atoms with Gasteiger partial charge in [0.1, 0.15) is 0 Å². The molecule has 5 aromatic rings. The van der Waals surface area contributed by atoms with Crippen LogP contribution < -0.4 is 10.9 Å². The van der Waals surface area contributed by atoms with E-state index in [-0.39, 0.29) is 5.56 Å². The van der Waals surface area contributed by atoms with Crippen molar-refractivity contribution in [3.63, 3.8) is 0 Å². The average Bonchev–Trinajstić information content (AvgIpc) is 3.20. The molecule has 148 valence electrons. The minimum atomic E-state index is -0.140. The number of hydrogen-bond acceptors (Lipinski definition) is 4. The Labute approximate surface area is 173 Å². The van der Waals surface area contributed by atoms with Crippen LogP contribution in [0.4, 0.5) is 5.82 Å². The fraction of sp³-hybridized carbons (Fsp3) is 0.125. The summed E-state index contributed by atoms with van der Waals surface area (Å²) in [6.07, 6.45) is 6.21. The van der Waals surface area contributed by atoms with Gasteiger partial charge in [0.2, 0.25) is 0 Å². The van der Waals surface area contributed by atoms with Crippen molar-refractivity contribution in [3.05, 3.63) is 101 Å². The summed E-state index contributed by atoms with van der Waals surface area (Å²) in [6.45, 7) is 1.09. The van der Waals surface area contributed by atoms with Crippen LogP contribution in [0, 0.1) is 0 Å². The molecule has 0 aliphatic heterocycles. The summed E-state index contributed by atoms with van der Waals surface area (Å²) in [5.74, 6) is 0.365. The number of H-pyrrole nitrogens is 1. The maximum atomic E-state index is 13.2. The Bertz CT molecular complexity index is 1370. The van der Waals surface area contributed by atoms with Crippen LogP contribution in [-0.4, -0.2) is 26.1 Å². The van der Waals surface area contributed by atoms with Crippen LogP contribution in [0.1, 0.15) is 11.1 Å². The zero-order valence-corrected chi connectivity index (χ0v) is 16.4. The van der Waals surface area contributed by atoms with Crippen LogP contribution in [0.2, 0.25) is 0 Å². The van der Waals surface area contributed by atoms with Crippen molar-refractivity contribution < 1.29 is 0 Å². The Morgan fingerprint density at radius 2 is 1.83 bits per heavy atom. The average molecular weight is 395 g/mol. The van der Waals surface area contributed by atoms with Crippen molar-refractivity contribution in [1.82, 2.24) is 19.5 Å². The highest BCUT2D eigenvalue weighted by Crippen LogP contribution is 2.18. The summed E-state index contributed by atoms with van der Waals surface area (Å²) in [5.41, 5.74) is 4.73. The summed E-state index contributed by atoms with van der Waals surface area (Å²) in [5, 5.41) is 4.46. The molecule has 6 heteroatoms. The third kappa shape index (κ3) is 3.43. The quantitative estimate of drug-likeness (QED) is 0.456. The van der Waals surface area contributed by atoms with Crippen molar-refractivity contribution in [1.29, 1.82) is 0 Å². The first-order valence-corrected chi connectivity index (χ1v) is 9.97. The van der Waals surface area contributed by atoms with Crippen molar-refractivity contribution in [3.8, 4) is 0 Å². The van der Waals surface area contributed by atoms with Crippen molar-refractivity contribution in [2.24, 2.45) is 0 Å². The predicted octanol–water partition coefficient (Wildman–Crippen LogP) is 3.98. The second-order valence-corrected chi connectivity index (χ2v) is 7.24. The van der Waals surface area contributed by atoms with E-state index in [9.17, 15) is 4.79 Å². The number of benzene rings is 2. The van der Waals surface area contributed by atoms with Gasteiger partial charge in [0.15, 0.2) is 5.82 Å². The third-order valence-corrected chi connectivity index (χ3v) is 5.29. The van der Waals surface area contributed by atoms with Crippen LogP contribution in [0.5, 0.6) is 0 Å². The number of nitrogens with one attached hydrogen (secondary N) is 2. The van der Waals surface area contributed by atoms with Gasteiger partial charge in [0.25, 0.3) is 5.56 Å². The van der Waals surface area contributed by atoms with Crippen molar-refractivity contribution >= 4 is 27.8 Å². The van der Waals surface area contributed by atoms with Gasteiger partial charge >= 0.3 is 0 Å². The van der Waals surface area contributed by atoms with E-state index in [1.807, 2.05) is 54.7 Å². The number of nitrogens with zero attached hydrogens (tertiary/aromatic N) is 3. The smallest absolute Gasteiger partial charge is 0.294 e. The van der Waals surface area contributed by atoms with Crippen molar-refractivity contribution in [2.45, 2.75) is 13.0 Å². The first-order valence-electron chi connectivity index (χ1n) is 9.97. The van der Waals surface area contributed by atoms with Gasteiger partial charge in [-0.25, -0.2) is 4.98 Å². The lowest BCUT2D eigenvalue weighted by Gasteiger charge is -2.13. The summed E-state index contributed by atoms with van der Waals surface area (Å²) < 4.78 is 1.73. The van der Waals surface area contributed by atoms with Gasteiger partial charge in [-0.15, -0.1) is 0 Å². The lowest BCUT2D eigenvalue weighted by atomic mass is 10.1. The molecule has 0 bridgehead atoms. The fourth-order valence-corrected chi connectivity index (χ4v) is 3.78. The monoisotopic (exact) mass is 395 g/mol. The molecule has 30 heavy (non-hydrogen) atoms. The Balaban J connectivity index is 1.44. The van der Waals surface area contributed by atoms with E-state index in [0.29, 0.717) is 18.9 Å². The molecule has 0 atom stereocenters. The Morgan fingerprint density at radius 3 is 2.73 bits per heavy atom. The minimum absolute atomic E-state index is 0.140. The van der Waals surface area contributed by atoms with E-state index in [2.05, 4.69) is 32.4 Å². The molecule has 0 spiro atoms. The third-order valence-electron chi connectivity index (χ3n) is 5.29. The standard InChI is InChI=1S/C24H21N5O/c30-24-23(26-13-10-18-14-27-20-9-5-4-8-19(18)20)28-21-11-12-25-15-22(21)29(24)16-17-6-2-1-3-7-17/h1-9,11-12,14-15,27H,10,13,16H2,(H,26,28). The summed E-state index contributed by atoms with van der Waals surface area (Å²) in [6, 6.07) is 20.0. The van der Waals surface area contributed by atoms with Crippen LogP contribution in [0.3, 0.4) is 0 Å². The molecule has 2 aromatic carbocycles. The van der Waals surface area contributed by atoms with E-state index in [1.165, 1.54) is 10.9 Å². The maximum Gasteiger partial charge on any atom is 0.294 e. The topological polar surface area (TPSA) is 75.6 Å². The van der Waals surface area contributed by atoms with Gasteiger partial charge in [-0.1, -0.05) is 48.5 Å². The minimum Gasteiger partial charge on any atom is -0.365 e. The van der Waals surface area contributed by atoms with E-state index >= 15 is 0 Å². The summed E-state index contributed by atoms with van der Waals surface area (Å²) in [4.78, 5) is 25.2. The molecule has 3 heterocycles. The molecule has 2 N–H and O–H groups in total. The van der Waals surface area contributed by atoms with E-state index < -0.39 is 0 Å². The van der Waals surface area contributed by atoms with Crippen LogP contribution in [-0.2, 0) is 13.0 Å². The van der Waals surface area contributed by atoms with Gasteiger partial charge < -0.3 is 10.3 Å². The molecule has 0 saturated heterocycles. The first kappa shape index (κ1) is 18.1. The Kier molecular flexibility index (Phi) is 4.73. The number of aromatic amines is 1. The van der Waals surface area contributed by atoms with Gasteiger partial charge in [-0.3, -0.25) is 14.3 Å². The highest BCUT2D eigenvalue weighted by atomic mass is 16.1. The lowest BCUT2D eigenvalue weighted by Crippen LogP contribution is -2.26. The first-order chi connectivity index (χ1) is 14.8. The number of hydrogen-bond donors (Lipinski definition) is 2. The van der Waals surface area contributed by atoms with Gasteiger partial charge in [-0.05, 0) is 29.7 Å². The molecular formula is C24H21N5O. The second kappa shape index (κ2) is 7.83. The van der Waals surface area contributed by atoms with Crippen LogP contribution >= 0.6 is 0 Å². The molecule has 0 aliphatic rings. The van der Waals surface area contributed by atoms with Gasteiger partial charge in [-0.2, -0.15) is 0 Å². The zero-order valence-electron chi connectivity index (χ0n) is 16.4. The molecule has 6 nitrogen and oxygen atoms in total. The van der Waals surface area contributed by atoms with E-state index in [4.69, 9.17) is 0 Å². The fourth-order valence-electron chi connectivity index (χ4n) is 3.78. The Morgan fingerprint density at radius 1 is 1.00 bits per heavy atom. The van der Waals surface area contributed by atoms with Crippen LogP contribution in [0.15, 0.2) is 84.0 Å². The van der Waals surface area contributed by atoms with Crippen molar-refractivity contribution in [2.75, 3.05) is 11.9 Å². The van der Waals surface area contributed by atoms with Gasteiger partial charge in [0.05, 0.1) is 23.8 Å². The van der Waals surface area contributed by atoms with Gasteiger partial charge in [0, 0.05) is 29.8 Å². The number of anilines is 1. The number of rotatable bonds is 6. The van der Waals surface area contributed by atoms with E-state index in [1.54, 1.807) is 17.0 Å². The Hall–Kier alpha value is -3.93. The largest absolute Gasteiger partial charge is 0.365 e. The number of fused-ring (bicyclic) bond motifs is 2.